The summed E-state index contributed by atoms with van der Waals surface area (Å²) in [6.45, 7) is 0. The predicted octanol–water partition coefficient (Wildman–Crippen LogP) is -8.61. The topological polar surface area (TPSA) is 80.3 Å². The molecular weight excluding hydrogens is 331 g/mol. The second kappa shape index (κ2) is 7.92. The summed E-state index contributed by atoms with van der Waals surface area (Å²) >= 11 is -6.02. The van der Waals surface area contributed by atoms with Crippen molar-refractivity contribution in [1.29, 1.82) is 0 Å². The van der Waals surface area contributed by atoms with Gasteiger partial charge in [-0.3, -0.25) is 0 Å². The van der Waals surface area contributed by atoms with Crippen molar-refractivity contribution in [3.8, 4) is 0 Å². The van der Waals surface area contributed by atoms with Gasteiger partial charge in [-0.05, 0) is 0 Å². The summed E-state index contributed by atoms with van der Waals surface area (Å²) in [5.74, 6) is 0. The van der Waals surface area contributed by atoms with Crippen LogP contribution in [0.2, 0.25) is 0 Å². The molecule has 0 spiro atoms. The van der Waals surface area contributed by atoms with E-state index >= 15 is 0 Å². The van der Waals surface area contributed by atoms with E-state index in [4.69, 9.17) is 14.3 Å². The molecule has 0 atom stereocenters. The SMILES string of the molecule is [O]=[Mo](=[O])([O-])[O-].[Rb+].[Rb+]. The van der Waals surface area contributed by atoms with Crippen LogP contribution in [0.25, 0.3) is 0 Å². The van der Waals surface area contributed by atoms with Crippen molar-refractivity contribution < 1.29 is 147 Å². The monoisotopic (exact) mass is 332 g/mol. The third-order valence-electron chi connectivity index (χ3n) is 0. The first kappa shape index (κ1) is 17.1. The summed E-state index contributed by atoms with van der Waals surface area (Å²) in [7, 11) is 0. The average molecular weight is 331 g/mol. The molecule has 7 heavy (non-hydrogen) atoms. The van der Waals surface area contributed by atoms with Crippen LogP contribution >= 0.6 is 0 Å². The zero-order valence-corrected chi connectivity index (χ0v) is 15.9. The van der Waals surface area contributed by atoms with Crippen molar-refractivity contribution in [2.45, 2.75) is 0 Å². The van der Waals surface area contributed by atoms with Gasteiger partial charge in [-0.15, -0.1) is 0 Å². The van der Waals surface area contributed by atoms with Crippen LogP contribution < -0.4 is 124 Å². The molecule has 0 saturated heterocycles. The molecule has 0 aliphatic rings. The van der Waals surface area contributed by atoms with Crippen LogP contribution in [0.1, 0.15) is 0 Å². The third-order valence-corrected chi connectivity index (χ3v) is 0. The predicted molar refractivity (Wildman–Crippen MR) is 1.37 cm³/mol. The van der Waals surface area contributed by atoms with E-state index in [0.29, 0.717) is 0 Å². The molecule has 4 nitrogen and oxygen atoms in total. The number of hydrogen-bond acceptors (Lipinski definition) is 4. The Balaban J connectivity index is -0.0000000800. The summed E-state index contributed by atoms with van der Waals surface area (Å²) in [4.78, 5) is 0. The quantitative estimate of drug-likeness (QED) is 0.413. The number of hydrogen-bond donors (Lipinski definition) is 0. The van der Waals surface area contributed by atoms with Gasteiger partial charge in [-0.1, -0.05) is 0 Å². The zero-order chi connectivity index (χ0) is 4.50. The third kappa shape index (κ3) is 41.2. The van der Waals surface area contributed by atoms with Gasteiger partial charge in [0.25, 0.3) is 0 Å². The molecule has 0 N–H and O–H groups in total. The van der Waals surface area contributed by atoms with E-state index in [2.05, 4.69) is 0 Å². The smallest absolute Gasteiger partial charge is 1.00 e. The van der Waals surface area contributed by atoms with Crippen LogP contribution in [0.5, 0.6) is 0 Å². The van der Waals surface area contributed by atoms with Gasteiger partial charge in [0, 0.05) is 0 Å². The minimum absolute atomic E-state index is 0. The normalized spacial score (nSPS) is 8.29. The van der Waals surface area contributed by atoms with Crippen molar-refractivity contribution in [1.82, 2.24) is 0 Å². The molecule has 0 aliphatic heterocycles. The molecule has 0 aromatic carbocycles. The van der Waals surface area contributed by atoms with Gasteiger partial charge in [-0.25, -0.2) is 0 Å². The van der Waals surface area contributed by atoms with Crippen molar-refractivity contribution in [2.75, 3.05) is 0 Å². The van der Waals surface area contributed by atoms with E-state index in [0.717, 1.165) is 0 Å². The summed E-state index contributed by atoms with van der Waals surface area (Å²) in [5.41, 5.74) is 0. The van der Waals surface area contributed by atoms with Crippen LogP contribution in [0.15, 0.2) is 0 Å². The van der Waals surface area contributed by atoms with E-state index in [9.17, 15) is 0 Å². The molecule has 0 radical (unpaired) electrons. The minimum Gasteiger partial charge on any atom is 1.00 e. The largest absolute Gasteiger partial charge is 1.00 e. The molecule has 0 rings (SSSR count). The van der Waals surface area contributed by atoms with E-state index in [-0.39, 0.29) is 116 Å². The molecule has 0 amide bonds. The van der Waals surface area contributed by atoms with Crippen LogP contribution in [-0.4, -0.2) is 0 Å². The maximum absolute atomic E-state index is 8.63. The molecule has 7 heteroatoms. The van der Waals surface area contributed by atoms with E-state index in [1.807, 2.05) is 0 Å². The Labute approximate surface area is 142 Å². The van der Waals surface area contributed by atoms with Crippen molar-refractivity contribution >= 4 is 0 Å². The second-order valence-electron chi connectivity index (χ2n) is 0.408. The molecule has 0 aliphatic carbocycles. The van der Waals surface area contributed by atoms with Crippen molar-refractivity contribution in [3.63, 3.8) is 0 Å². The first-order chi connectivity index (χ1) is 2.00. The molecule has 0 bridgehead atoms. The van der Waals surface area contributed by atoms with Gasteiger partial charge in [-0.2, -0.15) is 0 Å². The molecular formula is MoO4Rb2. The second-order valence-corrected chi connectivity index (χ2v) is 2.42. The van der Waals surface area contributed by atoms with Gasteiger partial charge in [0.1, 0.15) is 0 Å². The Morgan fingerprint density at radius 1 is 1.00 bits per heavy atom. The minimum atomic E-state index is -6.02. The Morgan fingerprint density at radius 2 is 1.00 bits per heavy atom. The maximum Gasteiger partial charge on any atom is 1.00 e. The van der Waals surface area contributed by atoms with Gasteiger partial charge in [0.05, 0.1) is 0 Å². The van der Waals surface area contributed by atoms with E-state index < -0.39 is 16.7 Å². The molecule has 0 fully saturated rings. The molecule has 0 aromatic rings. The summed E-state index contributed by atoms with van der Waals surface area (Å²) in [6.07, 6.45) is 0. The zero-order valence-electron chi connectivity index (χ0n) is 4.04. The molecule has 0 saturated carbocycles. The van der Waals surface area contributed by atoms with Gasteiger partial charge in [0.15, 0.2) is 0 Å². The maximum atomic E-state index is 8.63. The van der Waals surface area contributed by atoms with Crippen molar-refractivity contribution in [3.05, 3.63) is 0 Å². The van der Waals surface area contributed by atoms with Crippen LogP contribution in [0.4, 0.5) is 0 Å². The van der Waals surface area contributed by atoms with E-state index in [1.54, 1.807) is 0 Å². The average Bonchev–Trinajstić information content (AvgIpc) is 0.722. The van der Waals surface area contributed by atoms with Gasteiger partial charge in [0.2, 0.25) is 0 Å². The Morgan fingerprint density at radius 3 is 1.00 bits per heavy atom. The fourth-order valence-corrected chi connectivity index (χ4v) is 0. The van der Waals surface area contributed by atoms with Gasteiger partial charge >= 0.3 is 147 Å². The van der Waals surface area contributed by atoms with Crippen LogP contribution in [-0.2, 0) is 23.5 Å². The molecule has 0 unspecified atom stereocenters. The first-order valence-electron chi connectivity index (χ1n) is 0.667. The standard InChI is InChI=1S/Mo.4O.2Rb/q;;;2*-1;2*+1. The van der Waals surface area contributed by atoms with E-state index in [1.165, 1.54) is 0 Å². The van der Waals surface area contributed by atoms with Crippen LogP contribution in [0, 0.1) is 0 Å². The van der Waals surface area contributed by atoms with Gasteiger partial charge < -0.3 is 0 Å². The fourth-order valence-electron chi connectivity index (χ4n) is 0. The molecule has 0 heterocycles. The first-order valence-corrected chi connectivity index (χ1v) is 3.94. The van der Waals surface area contributed by atoms with Crippen LogP contribution in [0.3, 0.4) is 0 Å². The molecule has 32 valence electrons. The fraction of sp³-hybridized carbons (Fsp3) is 0. The summed E-state index contributed by atoms with van der Waals surface area (Å²) < 4.78 is 34.5. The Bertz CT molecular complexity index is 92.9. The summed E-state index contributed by atoms with van der Waals surface area (Å²) in [6, 6.07) is 0. The summed E-state index contributed by atoms with van der Waals surface area (Å²) in [5, 5.41) is 0. The number of rotatable bonds is 0. The Kier molecular flexibility index (Phi) is 19.3. The molecule has 0 aromatic heterocycles. The van der Waals surface area contributed by atoms with Crippen molar-refractivity contribution in [2.24, 2.45) is 0 Å². The Hall–Kier alpha value is 3.82.